The van der Waals surface area contributed by atoms with Crippen molar-refractivity contribution in [1.29, 1.82) is 0 Å². The third-order valence-electron chi connectivity index (χ3n) is 2.82. The summed E-state index contributed by atoms with van der Waals surface area (Å²) < 4.78 is 0. The molecule has 0 bridgehead atoms. The Hall–Kier alpha value is -2.12. The Balaban J connectivity index is 2.45. The molecule has 1 unspecified atom stereocenters. The van der Waals surface area contributed by atoms with Crippen LogP contribution in [0.4, 0.5) is 5.69 Å². The van der Waals surface area contributed by atoms with E-state index in [1.54, 1.807) is 31.2 Å². The van der Waals surface area contributed by atoms with Gasteiger partial charge in [-0.3, -0.25) is 9.59 Å². The standard InChI is InChI=1S/C14H13NO3/c1-10-9-13(17)15(14(10)18)12-7-3-2-5-11(12)6-4-8-16/h2-3,5,7,10,16H,8-9H2,1H3. The number of para-hydroxylation sites is 1. The van der Waals surface area contributed by atoms with Crippen LogP contribution in [0.1, 0.15) is 18.9 Å². The van der Waals surface area contributed by atoms with Gasteiger partial charge < -0.3 is 5.11 Å². The van der Waals surface area contributed by atoms with Gasteiger partial charge in [0, 0.05) is 17.9 Å². The molecule has 1 aliphatic heterocycles. The van der Waals surface area contributed by atoms with Crippen LogP contribution in [0.5, 0.6) is 0 Å². The molecule has 4 heteroatoms. The van der Waals surface area contributed by atoms with Gasteiger partial charge in [0.05, 0.1) is 5.69 Å². The maximum Gasteiger partial charge on any atom is 0.237 e. The van der Waals surface area contributed by atoms with E-state index in [1.165, 1.54) is 4.90 Å². The third kappa shape index (κ3) is 2.13. The van der Waals surface area contributed by atoms with Crippen molar-refractivity contribution in [2.45, 2.75) is 13.3 Å². The smallest absolute Gasteiger partial charge is 0.237 e. The van der Waals surface area contributed by atoms with E-state index in [4.69, 9.17) is 5.11 Å². The second-order valence-electron chi connectivity index (χ2n) is 4.15. The van der Waals surface area contributed by atoms with E-state index in [0.717, 1.165) is 0 Å². The largest absolute Gasteiger partial charge is 0.384 e. The number of nitrogens with zero attached hydrogens (tertiary/aromatic N) is 1. The third-order valence-corrected chi connectivity index (χ3v) is 2.82. The van der Waals surface area contributed by atoms with Crippen LogP contribution in [0.25, 0.3) is 0 Å². The Kier molecular flexibility index (Phi) is 3.45. The van der Waals surface area contributed by atoms with Gasteiger partial charge in [-0.15, -0.1) is 0 Å². The molecule has 0 spiro atoms. The summed E-state index contributed by atoms with van der Waals surface area (Å²) in [6, 6.07) is 6.94. The van der Waals surface area contributed by atoms with Crippen LogP contribution < -0.4 is 4.90 Å². The minimum Gasteiger partial charge on any atom is -0.384 e. The van der Waals surface area contributed by atoms with E-state index in [0.29, 0.717) is 11.3 Å². The minimum absolute atomic E-state index is 0.196. The molecule has 1 aromatic carbocycles. The van der Waals surface area contributed by atoms with Gasteiger partial charge in [-0.1, -0.05) is 30.9 Å². The molecule has 1 aromatic rings. The Labute approximate surface area is 105 Å². The molecule has 92 valence electrons. The van der Waals surface area contributed by atoms with E-state index in [-0.39, 0.29) is 30.8 Å². The number of benzene rings is 1. The van der Waals surface area contributed by atoms with Crippen LogP contribution in [0.2, 0.25) is 0 Å². The van der Waals surface area contributed by atoms with Crippen molar-refractivity contribution < 1.29 is 14.7 Å². The predicted octanol–water partition coefficient (Wildman–Crippen LogP) is 0.930. The number of hydrogen-bond donors (Lipinski definition) is 1. The maximum atomic E-state index is 11.9. The molecule has 1 atom stereocenters. The zero-order valence-corrected chi connectivity index (χ0v) is 10.0. The van der Waals surface area contributed by atoms with Crippen molar-refractivity contribution in [2.75, 3.05) is 11.5 Å². The molecule has 2 amide bonds. The Bertz CT molecular complexity index is 554. The molecule has 1 saturated heterocycles. The van der Waals surface area contributed by atoms with Crippen molar-refractivity contribution >= 4 is 17.5 Å². The molecule has 0 radical (unpaired) electrons. The summed E-state index contributed by atoms with van der Waals surface area (Å²) in [4.78, 5) is 25.0. The molecule has 4 nitrogen and oxygen atoms in total. The molecule has 0 aliphatic carbocycles. The zero-order valence-electron chi connectivity index (χ0n) is 10.0. The van der Waals surface area contributed by atoms with E-state index < -0.39 is 0 Å². The highest BCUT2D eigenvalue weighted by molar-refractivity contribution is 6.21. The quantitative estimate of drug-likeness (QED) is 0.589. The van der Waals surface area contributed by atoms with Gasteiger partial charge in [-0.25, -0.2) is 4.90 Å². The summed E-state index contributed by atoms with van der Waals surface area (Å²) in [6.07, 6.45) is 0.237. The molecule has 1 heterocycles. The van der Waals surface area contributed by atoms with E-state index in [1.807, 2.05) is 0 Å². The van der Waals surface area contributed by atoms with Crippen molar-refractivity contribution in [3.05, 3.63) is 29.8 Å². The lowest BCUT2D eigenvalue weighted by molar-refractivity contribution is -0.122. The summed E-state index contributed by atoms with van der Waals surface area (Å²) in [5, 5.41) is 8.71. The summed E-state index contributed by atoms with van der Waals surface area (Å²) in [5.74, 6) is 4.59. The van der Waals surface area contributed by atoms with Crippen LogP contribution in [-0.4, -0.2) is 23.5 Å². The first kappa shape index (κ1) is 12.3. The molecular weight excluding hydrogens is 230 g/mol. The molecular formula is C14H13NO3. The zero-order chi connectivity index (χ0) is 13.1. The second-order valence-corrected chi connectivity index (χ2v) is 4.15. The van der Waals surface area contributed by atoms with Gasteiger partial charge in [0.25, 0.3) is 0 Å². The van der Waals surface area contributed by atoms with Gasteiger partial charge in [0.15, 0.2) is 0 Å². The summed E-state index contributed by atoms with van der Waals surface area (Å²) in [6.45, 7) is 1.48. The highest BCUT2D eigenvalue weighted by atomic mass is 16.2. The van der Waals surface area contributed by atoms with Gasteiger partial charge >= 0.3 is 0 Å². The molecule has 18 heavy (non-hydrogen) atoms. The van der Waals surface area contributed by atoms with Gasteiger partial charge in [0.2, 0.25) is 11.8 Å². The van der Waals surface area contributed by atoms with Crippen LogP contribution in [0.3, 0.4) is 0 Å². The first-order valence-corrected chi connectivity index (χ1v) is 5.70. The second kappa shape index (κ2) is 5.03. The summed E-state index contributed by atoms with van der Waals surface area (Å²) >= 11 is 0. The fourth-order valence-electron chi connectivity index (χ4n) is 1.95. The molecule has 1 N–H and O–H groups in total. The van der Waals surface area contributed by atoms with Gasteiger partial charge in [-0.05, 0) is 12.1 Å². The number of anilines is 1. The first-order chi connectivity index (χ1) is 8.65. The summed E-state index contributed by atoms with van der Waals surface area (Å²) in [7, 11) is 0. The average Bonchev–Trinajstić information content (AvgIpc) is 2.61. The lowest BCUT2D eigenvalue weighted by Crippen LogP contribution is -2.30. The number of hydrogen-bond acceptors (Lipinski definition) is 3. The number of amides is 2. The predicted molar refractivity (Wildman–Crippen MR) is 66.7 cm³/mol. The molecule has 0 aromatic heterocycles. The maximum absolute atomic E-state index is 11.9. The molecule has 2 rings (SSSR count). The van der Waals surface area contributed by atoms with Crippen LogP contribution in [0, 0.1) is 17.8 Å². The summed E-state index contributed by atoms with van der Waals surface area (Å²) in [5.41, 5.74) is 1.07. The number of carbonyl (C=O) groups excluding carboxylic acids is 2. The van der Waals surface area contributed by atoms with Crippen LogP contribution in [0.15, 0.2) is 24.3 Å². The lowest BCUT2D eigenvalue weighted by atomic mass is 10.1. The van der Waals surface area contributed by atoms with Crippen molar-refractivity contribution in [3.8, 4) is 11.8 Å². The molecule has 0 saturated carbocycles. The van der Waals surface area contributed by atoms with E-state index in [2.05, 4.69) is 11.8 Å². The normalized spacial score (nSPS) is 18.8. The number of imide groups is 1. The minimum atomic E-state index is -0.281. The fourth-order valence-corrected chi connectivity index (χ4v) is 1.95. The highest BCUT2D eigenvalue weighted by Gasteiger charge is 2.37. The van der Waals surface area contributed by atoms with Crippen LogP contribution >= 0.6 is 0 Å². The molecule has 1 fully saturated rings. The first-order valence-electron chi connectivity index (χ1n) is 5.70. The van der Waals surface area contributed by atoms with Crippen molar-refractivity contribution in [2.24, 2.45) is 5.92 Å². The Morgan fingerprint density at radius 3 is 2.72 bits per heavy atom. The highest BCUT2D eigenvalue weighted by Crippen LogP contribution is 2.28. The number of rotatable bonds is 1. The van der Waals surface area contributed by atoms with Crippen molar-refractivity contribution in [1.82, 2.24) is 0 Å². The average molecular weight is 243 g/mol. The topological polar surface area (TPSA) is 57.6 Å². The number of aliphatic hydroxyl groups excluding tert-OH is 1. The van der Waals surface area contributed by atoms with Gasteiger partial charge in [0.1, 0.15) is 6.61 Å². The number of aliphatic hydroxyl groups is 1. The molecule has 1 aliphatic rings. The number of carbonyl (C=O) groups is 2. The van der Waals surface area contributed by atoms with Crippen molar-refractivity contribution in [3.63, 3.8) is 0 Å². The lowest BCUT2D eigenvalue weighted by Gasteiger charge is -2.16. The van der Waals surface area contributed by atoms with Gasteiger partial charge in [-0.2, -0.15) is 0 Å². The van der Waals surface area contributed by atoms with Crippen LogP contribution in [-0.2, 0) is 9.59 Å². The monoisotopic (exact) mass is 243 g/mol. The van der Waals surface area contributed by atoms with E-state index in [9.17, 15) is 9.59 Å². The van der Waals surface area contributed by atoms with E-state index >= 15 is 0 Å². The SMILES string of the molecule is CC1CC(=O)N(c2ccccc2C#CCO)C1=O. The Morgan fingerprint density at radius 2 is 2.11 bits per heavy atom. The fraction of sp³-hybridized carbons (Fsp3) is 0.286. The Morgan fingerprint density at radius 1 is 1.39 bits per heavy atom.